The number of benzene rings is 2. The summed E-state index contributed by atoms with van der Waals surface area (Å²) in [7, 11) is 0. The predicted octanol–water partition coefficient (Wildman–Crippen LogP) is 4.46. The number of aromatic nitrogens is 2. The number of furan rings is 1. The van der Waals surface area contributed by atoms with Crippen LogP contribution in [0.25, 0.3) is 34.1 Å². The fourth-order valence-electron chi connectivity index (χ4n) is 2.30. The van der Waals surface area contributed by atoms with Crippen LogP contribution in [0.4, 0.5) is 0 Å². The Hall–Kier alpha value is -2.88. The molecule has 4 nitrogen and oxygen atoms in total. The number of hydrogen-bond donors (Lipinski definition) is 0. The number of fused-ring (bicyclic) bond motifs is 1. The van der Waals surface area contributed by atoms with Crippen molar-refractivity contribution in [3.63, 3.8) is 0 Å². The average Bonchev–Trinajstić information content (AvgIpc) is 3.14. The van der Waals surface area contributed by atoms with Gasteiger partial charge in [0, 0.05) is 10.9 Å². The van der Waals surface area contributed by atoms with Crippen molar-refractivity contribution in [2.45, 2.75) is 6.92 Å². The van der Waals surface area contributed by atoms with Gasteiger partial charge in [0.2, 0.25) is 5.89 Å². The Balaban J connectivity index is 1.77. The molecule has 2 heterocycles. The SMILES string of the molecule is Cc1cccc(-c2nnc(-c3cc4ccccc4o3)o2)c1. The van der Waals surface area contributed by atoms with Gasteiger partial charge < -0.3 is 8.83 Å². The van der Waals surface area contributed by atoms with Crippen molar-refractivity contribution in [2.24, 2.45) is 0 Å². The van der Waals surface area contributed by atoms with Gasteiger partial charge in [-0.1, -0.05) is 35.9 Å². The van der Waals surface area contributed by atoms with Gasteiger partial charge in [0.1, 0.15) is 5.58 Å². The summed E-state index contributed by atoms with van der Waals surface area (Å²) in [6, 6.07) is 17.7. The summed E-state index contributed by atoms with van der Waals surface area (Å²) in [6.07, 6.45) is 0. The highest BCUT2D eigenvalue weighted by molar-refractivity contribution is 5.81. The van der Waals surface area contributed by atoms with Crippen LogP contribution in [0.1, 0.15) is 5.56 Å². The number of hydrogen-bond acceptors (Lipinski definition) is 4. The van der Waals surface area contributed by atoms with E-state index in [1.165, 1.54) is 0 Å². The third-order valence-corrected chi connectivity index (χ3v) is 3.33. The van der Waals surface area contributed by atoms with Crippen LogP contribution in [0.3, 0.4) is 0 Å². The summed E-state index contributed by atoms with van der Waals surface area (Å²) in [5.41, 5.74) is 2.86. The van der Waals surface area contributed by atoms with Crippen LogP contribution in [0.15, 0.2) is 63.4 Å². The van der Waals surface area contributed by atoms with Crippen LogP contribution in [0.2, 0.25) is 0 Å². The summed E-state index contributed by atoms with van der Waals surface area (Å²) in [5.74, 6) is 1.47. The second-order valence-corrected chi connectivity index (χ2v) is 4.93. The molecular formula is C17H12N2O2. The molecule has 4 heteroatoms. The first-order chi connectivity index (χ1) is 10.3. The zero-order chi connectivity index (χ0) is 14.2. The number of rotatable bonds is 2. The summed E-state index contributed by atoms with van der Waals surface area (Å²) in [5, 5.41) is 9.19. The van der Waals surface area contributed by atoms with Gasteiger partial charge in [0.25, 0.3) is 5.89 Å². The minimum atomic E-state index is 0.391. The predicted molar refractivity (Wildman–Crippen MR) is 79.7 cm³/mol. The Morgan fingerprint density at radius 3 is 2.52 bits per heavy atom. The maximum absolute atomic E-state index is 5.73. The van der Waals surface area contributed by atoms with E-state index in [1.807, 2.05) is 61.5 Å². The molecule has 0 aliphatic heterocycles. The van der Waals surface area contributed by atoms with Crippen LogP contribution in [-0.2, 0) is 0 Å². The van der Waals surface area contributed by atoms with Crippen molar-refractivity contribution in [3.05, 3.63) is 60.2 Å². The van der Waals surface area contributed by atoms with E-state index < -0.39 is 0 Å². The molecule has 0 aliphatic rings. The van der Waals surface area contributed by atoms with Gasteiger partial charge in [-0.25, -0.2) is 0 Å². The van der Waals surface area contributed by atoms with Crippen molar-refractivity contribution in [2.75, 3.05) is 0 Å². The third-order valence-electron chi connectivity index (χ3n) is 3.33. The standard InChI is InChI=1S/C17H12N2O2/c1-11-5-4-7-13(9-11)16-18-19-17(21-16)15-10-12-6-2-3-8-14(12)20-15/h2-10H,1H3. The second-order valence-electron chi connectivity index (χ2n) is 4.93. The van der Waals surface area contributed by atoms with Crippen LogP contribution in [0.5, 0.6) is 0 Å². The molecule has 0 amide bonds. The topological polar surface area (TPSA) is 52.1 Å². The molecule has 0 unspecified atom stereocenters. The molecule has 0 saturated heterocycles. The Morgan fingerprint density at radius 2 is 1.67 bits per heavy atom. The molecule has 2 aromatic heterocycles. The van der Waals surface area contributed by atoms with Crippen LogP contribution in [0, 0.1) is 6.92 Å². The molecule has 0 aliphatic carbocycles. The average molecular weight is 276 g/mol. The summed E-state index contributed by atoms with van der Waals surface area (Å²) < 4.78 is 11.5. The van der Waals surface area contributed by atoms with E-state index in [0.29, 0.717) is 17.5 Å². The Morgan fingerprint density at radius 1 is 0.810 bits per heavy atom. The maximum atomic E-state index is 5.73. The van der Waals surface area contributed by atoms with Crippen LogP contribution >= 0.6 is 0 Å². The summed E-state index contributed by atoms with van der Waals surface area (Å²) in [6.45, 7) is 2.03. The first-order valence-corrected chi connectivity index (χ1v) is 6.69. The molecule has 0 bridgehead atoms. The van der Waals surface area contributed by atoms with E-state index in [-0.39, 0.29) is 0 Å². The van der Waals surface area contributed by atoms with Gasteiger partial charge in [-0.15, -0.1) is 10.2 Å². The van der Waals surface area contributed by atoms with Crippen LogP contribution < -0.4 is 0 Å². The molecule has 0 radical (unpaired) electrons. The lowest BCUT2D eigenvalue weighted by atomic mass is 10.1. The minimum absolute atomic E-state index is 0.391. The van der Waals surface area contributed by atoms with Gasteiger partial charge in [-0.3, -0.25) is 0 Å². The van der Waals surface area contributed by atoms with E-state index in [2.05, 4.69) is 10.2 Å². The minimum Gasteiger partial charge on any atom is -0.451 e. The van der Waals surface area contributed by atoms with Crippen molar-refractivity contribution in [1.82, 2.24) is 10.2 Å². The smallest absolute Gasteiger partial charge is 0.283 e. The molecule has 0 atom stereocenters. The fraction of sp³-hybridized carbons (Fsp3) is 0.0588. The van der Waals surface area contributed by atoms with Gasteiger partial charge in [-0.05, 0) is 31.2 Å². The molecule has 0 spiro atoms. The van der Waals surface area contributed by atoms with Crippen molar-refractivity contribution in [1.29, 1.82) is 0 Å². The van der Waals surface area contributed by atoms with Gasteiger partial charge in [0.05, 0.1) is 0 Å². The zero-order valence-corrected chi connectivity index (χ0v) is 11.4. The van der Waals surface area contributed by atoms with Gasteiger partial charge in [0.15, 0.2) is 5.76 Å². The van der Waals surface area contributed by atoms with Crippen molar-refractivity contribution in [3.8, 4) is 23.1 Å². The fourth-order valence-corrected chi connectivity index (χ4v) is 2.30. The molecule has 4 rings (SSSR count). The summed E-state index contributed by atoms with van der Waals surface area (Å²) >= 11 is 0. The quantitative estimate of drug-likeness (QED) is 0.542. The van der Waals surface area contributed by atoms with E-state index in [0.717, 1.165) is 22.1 Å². The molecule has 0 saturated carbocycles. The molecule has 0 fully saturated rings. The second kappa shape index (κ2) is 4.59. The monoisotopic (exact) mass is 276 g/mol. The normalized spacial score (nSPS) is 11.1. The molecule has 0 N–H and O–H groups in total. The number of aryl methyl sites for hydroxylation is 1. The lowest BCUT2D eigenvalue weighted by Gasteiger charge is -1.95. The highest BCUT2D eigenvalue weighted by atomic mass is 16.4. The van der Waals surface area contributed by atoms with E-state index in [4.69, 9.17) is 8.83 Å². The first-order valence-electron chi connectivity index (χ1n) is 6.69. The third kappa shape index (κ3) is 2.10. The van der Waals surface area contributed by atoms with Crippen molar-refractivity contribution < 1.29 is 8.83 Å². The lowest BCUT2D eigenvalue weighted by Crippen LogP contribution is -1.78. The highest BCUT2D eigenvalue weighted by Crippen LogP contribution is 2.29. The maximum Gasteiger partial charge on any atom is 0.283 e. The Kier molecular flexibility index (Phi) is 2.60. The molecule has 2 aromatic carbocycles. The molecule has 21 heavy (non-hydrogen) atoms. The van der Waals surface area contributed by atoms with Gasteiger partial charge >= 0.3 is 0 Å². The number of nitrogens with zero attached hydrogens (tertiary/aromatic N) is 2. The lowest BCUT2D eigenvalue weighted by molar-refractivity contribution is 0.542. The molecule has 4 aromatic rings. The Labute approximate surface area is 121 Å². The number of para-hydroxylation sites is 1. The largest absolute Gasteiger partial charge is 0.451 e. The van der Waals surface area contributed by atoms with Crippen molar-refractivity contribution >= 4 is 11.0 Å². The van der Waals surface area contributed by atoms with E-state index >= 15 is 0 Å². The molecule has 102 valence electrons. The van der Waals surface area contributed by atoms with E-state index in [9.17, 15) is 0 Å². The van der Waals surface area contributed by atoms with Gasteiger partial charge in [-0.2, -0.15) is 0 Å². The van der Waals surface area contributed by atoms with E-state index in [1.54, 1.807) is 0 Å². The Bertz CT molecular complexity index is 888. The molecular weight excluding hydrogens is 264 g/mol. The summed E-state index contributed by atoms with van der Waals surface area (Å²) in [4.78, 5) is 0. The zero-order valence-electron chi connectivity index (χ0n) is 11.4. The first kappa shape index (κ1) is 11.9. The van der Waals surface area contributed by atoms with Crippen LogP contribution in [-0.4, -0.2) is 10.2 Å². The highest BCUT2D eigenvalue weighted by Gasteiger charge is 2.14.